The third-order valence-electron chi connectivity index (χ3n) is 4.04. The van der Waals surface area contributed by atoms with Gasteiger partial charge in [0.2, 0.25) is 5.91 Å². The quantitative estimate of drug-likeness (QED) is 0.835. The Balaban J connectivity index is 2.11. The maximum Gasteiger partial charge on any atom is 0.227 e. The SMILES string of the molecule is CCCN(C(=O)Cc1ccccc1C)C1CCS(=O)(=O)C1. The molecule has 0 aromatic heterocycles. The molecule has 0 aliphatic carbocycles. The second kappa shape index (κ2) is 6.60. The van der Waals surface area contributed by atoms with E-state index in [-0.39, 0.29) is 23.5 Å². The van der Waals surface area contributed by atoms with Crippen LogP contribution < -0.4 is 0 Å². The minimum atomic E-state index is -2.97. The molecular weight excluding hydrogens is 286 g/mol. The van der Waals surface area contributed by atoms with Gasteiger partial charge in [0.15, 0.2) is 9.84 Å². The first kappa shape index (κ1) is 16.0. The van der Waals surface area contributed by atoms with E-state index in [1.807, 2.05) is 38.1 Å². The Kier molecular flexibility index (Phi) is 5.04. The van der Waals surface area contributed by atoms with Crippen molar-refractivity contribution in [2.45, 2.75) is 39.2 Å². The van der Waals surface area contributed by atoms with Crippen LogP contribution in [0.25, 0.3) is 0 Å². The number of hydrogen-bond donors (Lipinski definition) is 0. The van der Waals surface area contributed by atoms with Crippen molar-refractivity contribution >= 4 is 15.7 Å². The summed E-state index contributed by atoms with van der Waals surface area (Å²) >= 11 is 0. The smallest absolute Gasteiger partial charge is 0.227 e. The third kappa shape index (κ3) is 4.06. The number of nitrogens with zero attached hydrogens (tertiary/aromatic N) is 1. The van der Waals surface area contributed by atoms with Crippen LogP contribution >= 0.6 is 0 Å². The highest BCUT2D eigenvalue weighted by atomic mass is 32.2. The summed E-state index contributed by atoms with van der Waals surface area (Å²) in [6.45, 7) is 4.63. The number of aryl methyl sites for hydroxylation is 1. The highest BCUT2D eigenvalue weighted by Crippen LogP contribution is 2.20. The van der Waals surface area contributed by atoms with Gasteiger partial charge in [-0.25, -0.2) is 8.42 Å². The lowest BCUT2D eigenvalue weighted by Gasteiger charge is -2.28. The second-order valence-electron chi connectivity index (χ2n) is 5.75. The van der Waals surface area contributed by atoms with E-state index in [9.17, 15) is 13.2 Å². The van der Waals surface area contributed by atoms with E-state index in [0.717, 1.165) is 17.5 Å². The van der Waals surface area contributed by atoms with Crippen molar-refractivity contribution in [3.8, 4) is 0 Å². The van der Waals surface area contributed by atoms with Crippen LogP contribution in [0.1, 0.15) is 30.9 Å². The maximum atomic E-state index is 12.6. The molecule has 0 bridgehead atoms. The predicted octanol–water partition coefficient (Wildman–Crippen LogP) is 1.96. The Hall–Kier alpha value is -1.36. The molecule has 0 N–H and O–H groups in total. The van der Waals surface area contributed by atoms with Crippen molar-refractivity contribution in [1.29, 1.82) is 0 Å². The highest BCUT2D eigenvalue weighted by Gasteiger charge is 2.34. The molecule has 5 heteroatoms. The summed E-state index contributed by atoms with van der Waals surface area (Å²) in [5.41, 5.74) is 2.12. The summed E-state index contributed by atoms with van der Waals surface area (Å²) in [5.74, 6) is 0.357. The molecule has 4 nitrogen and oxygen atoms in total. The van der Waals surface area contributed by atoms with E-state index in [1.54, 1.807) is 4.90 Å². The Labute approximate surface area is 127 Å². The molecule has 1 atom stereocenters. The van der Waals surface area contributed by atoms with Gasteiger partial charge in [-0.05, 0) is 30.9 Å². The van der Waals surface area contributed by atoms with E-state index in [0.29, 0.717) is 19.4 Å². The molecule has 2 rings (SSSR count). The summed E-state index contributed by atoms with van der Waals surface area (Å²) < 4.78 is 23.3. The average Bonchev–Trinajstić information content (AvgIpc) is 2.78. The van der Waals surface area contributed by atoms with Crippen LogP contribution in [-0.2, 0) is 21.1 Å². The molecule has 1 aromatic carbocycles. The summed E-state index contributed by atoms with van der Waals surface area (Å²) in [6, 6.07) is 7.69. The molecular formula is C16H23NO3S. The predicted molar refractivity (Wildman–Crippen MR) is 83.9 cm³/mol. The summed E-state index contributed by atoms with van der Waals surface area (Å²) in [5, 5.41) is 0. The Morgan fingerprint density at radius 2 is 2.05 bits per heavy atom. The van der Waals surface area contributed by atoms with Crippen LogP contribution in [0.15, 0.2) is 24.3 Å². The fraction of sp³-hybridized carbons (Fsp3) is 0.562. The molecule has 1 unspecified atom stereocenters. The van der Waals surface area contributed by atoms with Crippen molar-refractivity contribution in [1.82, 2.24) is 4.90 Å². The number of amides is 1. The molecule has 0 saturated carbocycles. The number of rotatable bonds is 5. The molecule has 1 aromatic rings. The van der Waals surface area contributed by atoms with Gasteiger partial charge >= 0.3 is 0 Å². The fourth-order valence-corrected chi connectivity index (χ4v) is 4.58. The number of hydrogen-bond acceptors (Lipinski definition) is 3. The first-order valence-corrected chi connectivity index (χ1v) is 9.29. The lowest BCUT2D eigenvalue weighted by atomic mass is 10.0. The van der Waals surface area contributed by atoms with Crippen LogP contribution in [0.2, 0.25) is 0 Å². The normalized spacial score (nSPS) is 20.4. The topological polar surface area (TPSA) is 54.5 Å². The molecule has 1 heterocycles. The van der Waals surface area contributed by atoms with E-state index < -0.39 is 9.84 Å². The average molecular weight is 309 g/mol. The van der Waals surface area contributed by atoms with Crippen LogP contribution in [0.5, 0.6) is 0 Å². The molecule has 1 aliphatic rings. The molecule has 0 spiro atoms. The van der Waals surface area contributed by atoms with Gasteiger partial charge in [0.05, 0.1) is 17.9 Å². The molecule has 1 amide bonds. The van der Waals surface area contributed by atoms with Gasteiger partial charge in [-0.3, -0.25) is 4.79 Å². The monoisotopic (exact) mass is 309 g/mol. The van der Waals surface area contributed by atoms with Gasteiger partial charge < -0.3 is 4.90 Å². The lowest BCUT2D eigenvalue weighted by Crippen LogP contribution is -2.42. The molecule has 1 saturated heterocycles. The first-order valence-electron chi connectivity index (χ1n) is 7.47. The van der Waals surface area contributed by atoms with Crippen LogP contribution in [0, 0.1) is 6.92 Å². The molecule has 1 aliphatic heterocycles. The van der Waals surface area contributed by atoms with E-state index >= 15 is 0 Å². The molecule has 0 radical (unpaired) electrons. The van der Waals surface area contributed by atoms with Crippen molar-refractivity contribution in [2.24, 2.45) is 0 Å². The lowest BCUT2D eigenvalue weighted by molar-refractivity contribution is -0.132. The van der Waals surface area contributed by atoms with Crippen molar-refractivity contribution in [3.05, 3.63) is 35.4 Å². The van der Waals surface area contributed by atoms with E-state index in [2.05, 4.69) is 0 Å². The zero-order chi connectivity index (χ0) is 15.5. The largest absolute Gasteiger partial charge is 0.338 e. The van der Waals surface area contributed by atoms with Gasteiger partial charge in [0, 0.05) is 12.6 Å². The number of carbonyl (C=O) groups excluding carboxylic acids is 1. The van der Waals surface area contributed by atoms with Gasteiger partial charge in [0.25, 0.3) is 0 Å². The first-order chi connectivity index (χ1) is 9.93. The fourth-order valence-electron chi connectivity index (χ4n) is 2.85. The van der Waals surface area contributed by atoms with Gasteiger partial charge in [-0.2, -0.15) is 0 Å². The van der Waals surface area contributed by atoms with Crippen molar-refractivity contribution < 1.29 is 13.2 Å². The summed E-state index contributed by atoms with van der Waals surface area (Å²) in [6.07, 6.45) is 1.77. The summed E-state index contributed by atoms with van der Waals surface area (Å²) in [4.78, 5) is 14.4. The van der Waals surface area contributed by atoms with Crippen molar-refractivity contribution in [3.63, 3.8) is 0 Å². The van der Waals surface area contributed by atoms with Gasteiger partial charge in [0.1, 0.15) is 0 Å². The number of carbonyl (C=O) groups is 1. The van der Waals surface area contributed by atoms with Crippen LogP contribution in [0.4, 0.5) is 0 Å². The van der Waals surface area contributed by atoms with Gasteiger partial charge in [-0.1, -0.05) is 31.2 Å². The maximum absolute atomic E-state index is 12.6. The Bertz CT molecular complexity index is 610. The van der Waals surface area contributed by atoms with E-state index in [4.69, 9.17) is 0 Å². The highest BCUT2D eigenvalue weighted by molar-refractivity contribution is 7.91. The van der Waals surface area contributed by atoms with Crippen molar-refractivity contribution in [2.75, 3.05) is 18.1 Å². The van der Waals surface area contributed by atoms with Crippen LogP contribution in [-0.4, -0.2) is 43.3 Å². The molecule has 21 heavy (non-hydrogen) atoms. The molecule has 1 fully saturated rings. The minimum absolute atomic E-state index is 0.0354. The van der Waals surface area contributed by atoms with Gasteiger partial charge in [-0.15, -0.1) is 0 Å². The van der Waals surface area contributed by atoms with E-state index in [1.165, 1.54) is 0 Å². The van der Waals surface area contributed by atoms with Crippen LogP contribution in [0.3, 0.4) is 0 Å². The second-order valence-corrected chi connectivity index (χ2v) is 7.98. The third-order valence-corrected chi connectivity index (χ3v) is 5.79. The number of benzene rings is 1. The standard InChI is InChI=1S/C16H23NO3S/c1-3-9-17(15-8-10-21(19,20)12-15)16(18)11-14-7-5-4-6-13(14)2/h4-7,15H,3,8-12H2,1-2H3. The minimum Gasteiger partial charge on any atom is -0.338 e. The zero-order valence-electron chi connectivity index (χ0n) is 12.7. The number of sulfone groups is 1. The summed E-state index contributed by atoms with van der Waals surface area (Å²) in [7, 11) is -2.97. The zero-order valence-corrected chi connectivity index (χ0v) is 13.5. The Morgan fingerprint density at radius 1 is 1.33 bits per heavy atom. The molecule has 116 valence electrons. The Morgan fingerprint density at radius 3 is 2.62 bits per heavy atom.